The van der Waals surface area contributed by atoms with Crippen LogP contribution in [-0.4, -0.2) is 43.0 Å². The molecule has 2 aromatic rings. The Labute approximate surface area is 163 Å². The third kappa shape index (κ3) is 4.69. The lowest BCUT2D eigenvalue weighted by molar-refractivity contribution is 0.102. The SMILES string of the molecule is CC(C)c1ccccc1NC(=O)c1ccc(N2CCN(C(C)C)CC2)cc1. The lowest BCUT2D eigenvalue weighted by Crippen LogP contribution is -2.48. The molecule has 0 aliphatic carbocycles. The third-order valence-electron chi connectivity index (χ3n) is 5.37. The fraction of sp³-hybridized carbons (Fsp3) is 0.435. The van der Waals surface area contributed by atoms with Crippen LogP contribution in [0.3, 0.4) is 0 Å². The van der Waals surface area contributed by atoms with Crippen molar-refractivity contribution in [3.8, 4) is 0 Å². The van der Waals surface area contributed by atoms with Crippen molar-refractivity contribution in [2.45, 2.75) is 39.7 Å². The van der Waals surface area contributed by atoms with Crippen LogP contribution in [0.1, 0.15) is 49.5 Å². The average molecular weight is 366 g/mol. The van der Waals surface area contributed by atoms with E-state index in [-0.39, 0.29) is 5.91 Å². The smallest absolute Gasteiger partial charge is 0.255 e. The summed E-state index contributed by atoms with van der Waals surface area (Å²) in [6.45, 7) is 13.0. The molecule has 3 rings (SSSR count). The summed E-state index contributed by atoms with van der Waals surface area (Å²) in [6, 6.07) is 16.6. The second-order valence-electron chi connectivity index (χ2n) is 7.86. The minimum absolute atomic E-state index is 0.0562. The first-order chi connectivity index (χ1) is 13.0. The van der Waals surface area contributed by atoms with Crippen LogP contribution >= 0.6 is 0 Å². The van der Waals surface area contributed by atoms with Crippen LogP contribution in [0.2, 0.25) is 0 Å². The monoisotopic (exact) mass is 365 g/mol. The van der Waals surface area contributed by atoms with Crippen LogP contribution < -0.4 is 10.2 Å². The number of rotatable bonds is 5. The average Bonchev–Trinajstić information content (AvgIpc) is 2.68. The number of para-hydroxylation sites is 1. The fourth-order valence-electron chi connectivity index (χ4n) is 3.63. The van der Waals surface area contributed by atoms with Crippen LogP contribution in [0.25, 0.3) is 0 Å². The van der Waals surface area contributed by atoms with Gasteiger partial charge < -0.3 is 10.2 Å². The molecule has 0 aromatic heterocycles. The van der Waals surface area contributed by atoms with Gasteiger partial charge in [0.2, 0.25) is 0 Å². The Morgan fingerprint density at radius 3 is 2.11 bits per heavy atom. The lowest BCUT2D eigenvalue weighted by Gasteiger charge is -2.38. The van der Waals surface area contributed by atoms with E-state index in [1.54, 1.807) is 0 Å². The Morgan fingerprint density at radius 1 is 0.889 bits per heavy atom. The van der Waals surface area contributed by atoms with Crippen molar-refractivity contribution < 1.29 is 4.79 Å². The highest BCUT2D eigenvalue weighted by molar-refractivity contribution is 6.04. The van der Waals surface area contributed by atoms with Gasteiger partial charge in [0.1, 0.15) is 0 Å². The minimum atomic E-state index is -0.0562. The minimum Gasteiger partial charge on any atom is -0.369 e. The molecule has 1 heterocycles. The first kappa shape index (κ1) is 19.4. The molecule has 1 fully saturated rings. The number of piperazine rings is 1. The van der Waals surface area contributed by atoms with Gasteiger partial charge in [-0.15, -0.1) is 0 Å². The molecule has 144 valence electrons. The van der Waals surface area contributed by atoms with Crippen molar-refractivity contribution in [3.63, 3.8) is 0 Å². The molecule has 1 saturated heterocycles. The summed E-state index contributed by atoms with van der Waals surface area (Å²) in [5.74, 6) is 0.313. The van der Waals surface area contributed by atoms with Gasteiger partial charge in [-0.3, -0.25) is 9.69 Å². The van der Waals surface area contributed by atoms with Crippen LogP contribution in [0, 0.1) is 0 Å². The summed E-state index contributed by atoms with van der Waals surface area (Å²) in [5, 5.41) is 3.07. The fourth-order valence-corrected chi connectivity index (χ4v) is 3.63. The van der Waals surface area contributed by atoms with Crippen molar-refractivity contribution >= 4 is 17.3 Å². The van der Waals surface area contributed by atoms with Crippen molar-refractivity contribution in [1.82, 2.24) is 4.90 Å². The van der Waals surface area contributed by atoms with Gasteiger partial charge in [0, 0.05) is 49.2 Å². The van der Waals surface area contributed by atoms with Gasteiger partial charge in [0.15, 0.2) is 0 Å². The highest BCUT2D eigenvalue weighted by atomic mass is 16.1. The number of hydrogen-bond donors (Lipinski definition) is 1. The van der Waals surface area contributed by atoms with E-state index in [9.17, 15) is 4.79 Å². The molecule has 0 radical (unpaired) electrons. The number of carbonyl (C=O) groups is 1. The van der Waals surface area contributed by atoms with Crippen molar-refractivity contribution in [2.75, 3.05) is 36.4 Å². The molecule has 0 bridgehead atoms. The van der Waals surface area contributed by atoms with Crippen LogP contribution in [0.4, 0.5) is 11.4 Å². The number of nitrogens with one attached hydrogen (secondary N) is 1. The second kappa shape index (κ2) is 8.57. The van der Waals surface area contributed by atoms with Crippen LogP contribution in [0.15, 0.2) is 48.5 Å². The van der Waals surface area contributed by atoms with Crippen LogP contribution in [-0.2, 0) is 0 Å². The largest absolute Gasteiger partial charge is 0.369 e. The molecule has 0 spiro atoms. The molecule has 0 unspecified atom stereocenters. The normalized spacial score (nSPS) is 15.4. The molecule has 1 N–H and O–H groups in total. The Morgan fingerprint density at radius 2 is 1.52 bits per heavy atom. The quantitative estimate of drug-likeness (QED) is 0.841. The molecular formula is C23H31N3O. The van der Waals surface area contributed by atoms with Crippen molar-refractivity contribution in [1.29, 1.82) is 0 Å². The maximum Gasteiger partial charge on any atom is 0.255 e. The maximum atomic E-state index is 12.7. The van der Waals surface area contributed by atoms with Crippen molar-refractivity contribution in [3.05, 3.63) is 59.7 Å². The highest BCUT2D eigenvalue weighted by Gasteiger charge is 2.19. The van der Waals surface area contributed by atoms with Gasteiger partial charge in [-0.05, 0) is 55.7 Å². The number of amides is 1. The van der Waals surface area contributed by atoms with E-state index in [2.05, 4.69) is 61.0 Å². The summed E-state index contributed by atoms with van der Waals surface area (Å²) >= 11 is 0. The summed E-state index contributed by atoms with van der Waals surface area (Å²) in [7, 11) is 0. The lowest BCUT2D eigenvalue weighted by atomic mass is 10.0. The van der Waals surface area contributed by atoms with E-state index in [0.717, 1.165) is 37.4 Å². The Bertz CT molecular complexity index is 759. The van der Waals surface area contributed by atoms with Gasteiger partial charge >= 0.3 is 0 Å². The molecule has 4 heteroatoms. The van der Waals surface area contributed by atoms with Gasteiger partial charge in [-0.2, -0.15) is 0 Å². The van der Waals surface area contributed by atoms with E-state index >= 15 is 0 Å². The zero-order valence-corrected chi connectivity index (χ0v) is 16.9. The zero-order chi connectivity index (χ0) is 19.4. The van der Waals surface area contributed by atoms with Crippen molar-refractivity contribution in [2.24, 2.45) is 0 Å². The summed E-state index contributed by atoms with van der Waals surface area (Å²) < 4.78 is 0. The number of benzene rings is 2. The number of anilines is 2. The summed E-state index contributed by atoms with van der Waals surface area (Å²) in [6.07, 6.45) is 0. The first-order valence-electron chi connectivity index (χ1n) is 9.95. The number of nitrogens with zero attached hydrogens (tertiary/aromatic N) is 2. The molecule has 4 nitrogen and oxygen atoms in total. The molecule has 2 aromatic carbocycles. The van der Waals surface area contributed by atoms with Gasteiger partial charge in [-0.1, -0.05) is 32.0 Å². The van der Waals surface area contributed by atoms with E-state index in [4.69, 9.17) is 0 Å². The van der Waals surface area contributed by atoms with E-state index in [1.165, 1.54) is 5.69 Å². The number of carbonyl (C=O) groups excluding carboxylic acids is 1. The van der Waals surface area contributed by atoms with Gasteiger partial charge in [-0.25, -0.2) is 0 Å². The Balaban J connectivity index is 1.65. The predicted octanol–water partition coefficient (Wildman–Crippen LogP) is 4.59. The predicted molar refractivity (Wildman–Crippen MR) is 114 cm³/mol. The van der Waals surface area contributed by atoms with Crippen LogP contribution in [0.5, 0.6) is 0 Å². The van der Waals surface area contributed by atoms with E-state index in [0.29, 0.717) is 17.5 Å². The standard InChI is InChI=1S/C23H31N3O/c1-17(2)21-7-5-6-8-22(21)24-23(27)19-9-11-20(12-10-19)26-15-13-25(14-16-26)18(3)4/h5-12,17-18H,13-16H2,1-4H3,(H,24,27). The van der Waals surface area contributed by atoms with Gasteiger partial charge in [0.05, 0.1) is 0 Å². The summed E-state index contributed by atoms with van der Waals surface area (Å²) in [5.41, 5.74) is 3.94. The summed E-state index contributed by atoms with van der Waals surface area (Å²) in [4.78, 5) is 17.6. The second-order valence-corrected chi connectivity index (χ2v) is 7.86. The molecule has 1 amide bonds. The van der Waals surface area contributed by atoms with E-state index in [1.807, 2.05) is 30.3 Å². The molecule has 1 aliphatic rings. The molecule has 0 atom stereocenters. The molecule has 1 aliphatic heterocycles. The van der Waals surface area contributed by atoms with E-state index < -0.39 is 0 Å². The first-order valence-corrected chi connectivity index (χ1v) is 9.95. The molecular weight excluding hydrogens is 334 g/mol. The molecule has 0 saturated carbocycles. The van der Waals surface area contributed by atoms with Gasteiger partial charge in [0.25, 0.3) is 5.91 Å². The molecule has 27 heavy (non-hydrogen) atoms. The zero-order valence-electron chi connectivity index (χ0n) is 16.9. The third-order valence-corrected chi connectivity index (χ3v) is 5.37. The number of hydrogen-bond acceptors (Lipinski definition) is 3. The Kier molecular flexibility index (Phi) is 6.17. The Hall–Kier alpha value is -2.33. The maximum absolute atomic E-state index is 12.7. The highest BCUT2D eigenvalue weighted by Crippen LogP contribution is 2.25. The topological polar surface area (TPSA) is 35.6 Å².